The molecule has 1 heteroatoms. The summed E-state index contributed by atoms with van der Waals surface area (Å²) in [5.41, 5.74) is 0. The Kier molecular flexibility index (Phi) is 7.92. The minimum absolute atomic E-state index is 0.982. The third-order valence-corrected chi connectivity index (χ3v) is 3.94. The Morgan fingerprint density at radius 3 is 2.44 bits per heavy atom. The molecule has 0 amide bonds. The molecule has 96 valence electrons. The molecule has 2 atom stereocenters. The van der Waals surface area contributed by atoms with Gasteiger partial charge in [0.15, 0.2) is 0 Å². The van der Waals surface area contributed by atoms with E-state index in [1.54, 1.807) is 0 Å². The van der Waals surface area contributed by atoms with Gasteiger partial charge in [0.25, 0.3) is 0 Å². The van der Waals surface area contributed by atoms with Crippen LogP contribution in [0.3, 0.4) is 0 Å². The molecular formula is C15H31N. The summed E-state index contributed by atoms with van der Waals surface area (Å²) in [4.78, 5) is 0. The molecule has 0 aromatic carbocycles. The van der Waals surface area contributed by atoms with Crippen LogP contribution in [0.4, 0.5) is 0 Å². The summed E-state index contributed by atoms with van der Waals surface area (Å²) in [5.74, 6) is 1.97. The predicted octanol–water partition coefficient (Wildman–Crippen LogP) is 4.37. The van der Waals surface area contributed by atoms with Gasteiger partial charge >= 0.3 is 0 Å². The fourth-order valence-electron chi connectivity index (χ4n) is 2.85. The van der Waals surface area contributed by atoms with Crippen LogP contribution in [0, 0.1) is 11.8 Å². The second kappa shape index (κ2) is 9.04. The molecule has 1 aliphatic rings. The van der Waals surface area contributed by atoms with Crippen LogP contribution in [0.5, 0.6) is 0 Å². The monoisotopic (exact) mass is 225 g/mol. The first-order valence-electron chi connectivity index (χ1n) is 7.53. The summed E-state index contributed by atoms with van der Waals surface area (Å²) >= 11 is 0. The maximum Gasteiger partial charge on any atom is -0.00204 e. The zero-order chi connectivity index (χ0) is 11.6. The lowest BCUT2D eigenvalue weighted by atomic mass is 10.1. The Labute approximate surface area is 102 Å². The van der Waals surface area contributed by atoms with Gasteiger partial charge in [-0.1, -0.05) is 52.4 Å². The van der Waals surface area contributed by atoms with Gasteiger partial charge in [-0.2, -0.15) is 0 Å². The van der Waals surface area contributed by atoms with Crippen LogP contribution in [-0.4, -0.2) is 13.1 Å². The Hall–Kier alpha value is -0.0400. The fraction of sp³-hybridized carbons (Fsp3) is 1.00. The second-order valence-corrected chi connectivity index (χ2v) is 5.76. The summed E-state index contributed by atoms with van der Waals surface area (Å²) in [6.45, 7) is 7.20. The van der Waals surface area contributed by atoms with Crippen molar-refractivity contribution in [2.75, 3.05) is 13.1 Å². The maximum absolute atomic E-state index is 3.64. The van der Waals surface area contributed by atoms with Gasteiger partial charge in [0.05, 0.1) is 0 Å². The van der Waals surface area contributed by atoms with E-state index >= 15 is 0 Å². The molecule has 1 saturated carbocycles. The highest BCUT2D eigenvalue weighted by molar-refractivity contribution is 4.74. The van der Waals surface area contributed by atoms with E-state index < -0.39 is 0 Å². The van der Waals surface area contributed by atoms with Crippen molar-refractivity contribution in [1.82, 2.24) is 5.32 Å². The van der Waals surface area contributed by atoms with Gasteiger partial charge < -0.3 is 5.32 Å². The highest BCUT2D eigenvalue weighted by atomic mass is 14.9. The lowest BCUT2D eigenvalue weighted by Crippen LogP contribution is -2.22. The van der Waals surface area contributed by atoms with Crippen LogP contribution >= 0.6 is 0 Å². The summed E-state index contributed by atoms with van der Waals surface area (Å²) < 4.78 is 0. The lowest BCUT2D eigenvalue weighted by Gasteiger charge is -2.10. The quantitative estimate of drug-likeness (QED) is 0.574. The van der Waals surface area contributed by atoms with Crippen molar-refractivity contribution in [3.8, 4) is 0 Å². The van der Waals surface area contributed by atoms with E-state index in [1.165, 1.54) is 70.9 Å². The van der Waals surface area contributed by atoms with E-state index in [4.69, 9.17) is 0 Å². The molecule has 0 aliphatic heterocycles. The predicted molar refractivity (Wildman–Crippen MR) is 72.8 cm³/mol. The van der Waals surface area contributed by atoms with Crippen molar-refractivity contribution in [3.63, 3.8) is 0 Å². The standard InChI is InChI=1S/C15H31N/c1-3-4-5-6-7-8-11-16-13-15-10-9-14(2)12-15/h14-16H,3-13H2,1-2H3. The number of hydrogen-bond donors (Lipinski definition) is 1. The molecule has 0 heterocycles. The first-order chi connectivity index (χ1) is 7.83. The van der Waals surface area contributed by atoms with Gasteiger partial charge in [0.2, 0.25) is 0 Å². The smallest absolute Gasteiger partial charge is 0.00204 e. The fourth-order valence-corrected chi connectivity index (χ4v) is 2.85. The number of rotatable bonds is 9. The van der Waals surface area contributed by atoms with Crippen molar-refractivity contribution in [1.29, 1.82) is 0 Å². The first kappa shape index (κ1) is 14.0. The molecular weight excluding hydrogens is 194 g/mol. The highest BCUT2D eigenvalue weighted by Crippen LogP contribution is 2.29. The Morgan fingerprint density at radius 2 is 1.75 bits per heavy atom. The van der Waals surface area contributed by atoms with Gasteiger partial charge in [0.1, 0.15) is 0 Å². The molecule has 1 nitrogen and oxygen atoms in total. The van der Waals surface area contributed by atoms with E-state index in [1.807, 2.05) is 0 Å². The van der Waals surface area contributed by atoms with Crippen LogP contribution in [-0.2, 0) is 0 Å². The van der Waals surface area contributed by atoms with Gasteiger partial charge in [0, 0.05) is 0 Å². The van der Waals surface area contributed by atoms with E-state index in [0.717, 1.165) is 11.8 Å². The summed E-state index contributed by atoms with van der Waals surface area (Å²) in [7, 11) is 0. The molecule has 1 aliphatic carbocycles. The molecule has 0 spiro atoms. The second-order valence-electron chi connectivity index (χ2n) is 5.76. The molecule has 1 rings (SSSR count). The third-order valence-electron chi connectivity index (χ3n) is 3.94. The molecule has 0 aromatic rings. The van der Waals surface area contributed by atoms with Crippen molar-refractivity contribution >= 4 is 0 Å². The van der Waals surface area contributed by atoms with Crippen molar-refractivity contribution in [2.45, 2.75) is 71.6 Å². The van der Waals surface area contributed by atoms with Crippen LogP contribution in [0.25, 0.3) is 0 Å². The molecule has 0 radical (unpaired) electrons. The van der Waals surface area contributed by atoms with E-state index in [2.05, 4.69) is 19.2 Å². The molecule has 0 saturated heterocycles. The van der Waals surface area contributed by atoms with Crippen LogP contribution in [0.1, 0.15) is 71.6 Å². The molecule has 16 heavy (non-hydrogen) atoms. The van der Waals surface area contributed by atoms with Crippen molar-refractivity contribution < 1.29 is 0 Å². The average molecular weight is 225 g/mol. The van der Waals surface area contributed by atoms with E-state index in [0.29, 0.717) is 0 Å². The summed E-state index contributed by atoms with van der Waals surface area (Å²) in [6, 6.07) is 0. The van der Waals surface area contributed by atoms with Gasteiger partial charge in [-0.05, 0) is 44.2 Å². The van der Waals surface area contributed by atoms with Crippen LogP contribution in [0.15, 0.2) is 0 Å². The van der Waals surface area contributed by atoms with E-state index in [-0.39, 0.29) is 0 Å². The van der Waals surface area contributed by atoms with Crippen LogP contribution in [0.2, 0.25) is 0 Å². The van der Waals surface area contributed by atoms with Crippen molar-refractivity contribution in [2.24, 2.45) is 11.8 Å². The van der Waals surface area contributed by atoms with Crippen molar-refractivity contribution in [3.05, 3.63) is 0 Å². The Morgan fingerprint density at radius 1 is 1.00 bits per heavy atom. The van der Waals surface area contributed by atoms with Crippen LogP contribution < -0.4 is 5.32 Å². The minimum Gasteiger partial charge on any atom is -0.316 e. The minimum atomic E-state index is 0.982. The maximum atomic E-state index is 3.64. The molecule has 1 fully saturated rings. The Balaban J connectivity index is 1.78. The SMILES string of the molecule is CCCCCCCCNCC1CCC(C)C1. The molecule has 0 aromatic heterocycles. The van der Waals surface area contributed by atoms with Gasteiger partial charge in [-0.15, -0.1) is 0 Å². The lowest BCUT2D eigenvalue weighted by molar-refractivity contribution is 0.462. The first-order valence-corrected chi connectivity index (χ1v) is 7.53. The van der Waals surface area contributed by atoms with Gasteiger partial charge in [-0.25, -0.2) is 0 Å². The normalized spacial score (nSPS) is 25.1. The number of hydrogen-bond acceptors (Lipinski definition) is 1. The van der Waals surface area contributed by atoms with E-state index in [9.17, 15) is 0 Å². The molecule has 2 unspecified atom stereocenters. The summed E-state index contributed by atoms with van der Waals surface area (Å²) in [5, 5.41) is 3.64. The third kappa shape index (κ3) is 6.52. The summed E-state index contributed by atoms with van der Waals surface area (Å²) in [6.07, 6.45) is 12.9. The van der Waals surface area contributed by atoms with Gasteiger partial charge in [-0.3, -0.25) is 0 Å². The topological polar surface area (TPSA) is 12.0 Å². The largest absolute Gasteiger partial charge is 0.316 e. The molecule has 1 N–H and O–H groups in total. The average Bonchev–Trinajstić information content (AvgIpc) is 2.68. The molecule has 0 bridgehead atoms. The zero-order valence-corrected chi connectivity index (χ0v) is 11.4. The zero-order valence-electron chi connectivity index (χ0n) is 11.4. The number of nitrogens with one attached hydrogen (secondary N) is 1. The highest BCUT2D eigenvalue weighted by Gasteiger charge is 2.20. The number of unbranched alkanes of at least 4 members (excludes halogenated alkanes) is 5. The Bertz CT molecular complexity index is 156.